The second-order valence-corrected chi connectivity index (χ2v) is 6.73. The van der Waals surface area contributed by atoms with Crippen molar-refractivity contribution in [2.75, 3.05) is 7.11 Å². The minimum atomic E-state index is -0.311. The number of aromatic nitrogens is 2. The van der Waals surface area contributed by atoms with Gasteiger partial charge in [0, 0.05) is 17.3 Å². The summed E-state index contributed by atoms with van der Waals surface area (Å²) in [5.41, 5.74) is 4.24. The van der Waals surface area contributed by atoms with E-state index in [0.29, 0.717) is 16.9 Å². The van der Waals surface area contributed by atoms with Crippen LogP contribution < -0.4 is 4.74 Å². The van der Waals surface area contributed by atoms with Gasteiger partial charge >= 0.3 is 0 Å². The normalized spacial score (nSPS) is 10.7. The lowest BCUT2D eigenvalue weighted by Gasteiger charge is -2.11. The Morgan fingerprint density at radius 1 is 0.966 bits per heavy atom. The second kappa shape index (κ2) is 7.72. The van der Waals surface area contributed by atoms with E-state index in [2.05, 4.69) is 4.98 Å². The smallest absolute Gasteiger partial charge is 0.193 e. The molecule has 4 aromatic rings. The Kier molecular flexibility index (Phi) is 4.96. The Hall–Kier alpha value is -3.73. The lowest BCUT2D eigenvalue weighted by molar-refractivity contribution is 0.103. The second-order valence-electron chi connectivity index (χ2n) is 6.73. The highest BCUT2D eigenvalue weighted by Gasteiger charge is 2.14. The fourth-order valence-corrected chi connectivity index (χ4v) is 3.26. The zero-order chi connectivity index (χ0) is 20.4. The molecule has 1 aromatic heterocycles. The summed E-state index contributed by atoms with van der Waals surface area (Å²) in [6, 6.07) is 18.8. The van der Waals surface area contributed by atoms with Gasteiger partial charge in [-0.1, -0.05) is 30.3 Å². The Bertz CT molecular complexity index is 1200. The van der Waals surface area contributed by atoms with Crippen molar-refractivity contribution in [1.29, 1.82) is 0 Å². The van der Waals surface area contributed by atoms with Crippen LogP contribution in [0.4, 0.5) is 4.39 Å². The first-order valence-electron chi connectivity index (χ1n) is 9.15. The molecule has 0 spiro atoms. The molecule has 0 saturated heterocycles. The summed E-state index contributed by atoms with van der Waals surface area (Å²) >= 11 is 0. The molecule has 0 radical (unpaired) electrons. The van der Waals surface area contributed by atoms with Crippen LogP contribution in [-0.2, 0) is 0 Å². The number of nitrogens with zero attached hydrogens (tertiary/aromatic N) is 2. The molecule has 0 atom stereocenters. The maximum absolute atomic E-state index is 13.6. The predicted molar refractivity (Wildman–Crippen MR) is 110 cm³/mol. The van der Waals surface area contributed by atoms with E-state index in [0.717, 1.165) is 22.5 Å². The Labute approximate surface area is 168 Å². The lowest BCUT2D eigenvalue weighted by atomic mass is 9.98. The lowest BCUT2D eigenvalue weighted by Crippen LogP contribution is -2.04. The van der Waals surface area contributed by atoms with Crippen LogP contribution >= 0.6 is 0 Å². The molecule has 4 nitrogen and oxygen atoms in total. The molecular weight excluding hydrogens is 367 g/mol. The summed E-state index contributed by atoms with van der Waals surface area (Å²) in [7, 11) is 1.57. The van der Waals surface area contributed by atoms with E-state index >= 15 is 0 Å². The SMILES string of the molecule is COc1cc(C(=O)c2cccc(-c3cccc(F)c3)c2)ccc1-n1cnc(C)c1. The average Bonchev–Trinajstić information content (AvgIpc) is 3.19. The zero-order valence-corrected chi connectivity index (χ0v) is 16.1. The molecule has 0 bridgehead atoms. The van der Waals surface area contributed by atoms with Gasteiger partial charge in [0.2, 0.25) is 0 Å². The third-order valence-corrected chi connectivity index (χ3v) is 4.71. The van der Waals surface area contributed by atoms with Crippen molar-refractivity contribution in [2.45, 2.75) is 6.92 Å². The molecule has 0 fully saturated rings. The maximum Gasteiger partial charge on any atom is 0.193 e. The number of ether oxygens (including phenoxy) is 1. The molecule has 5 heteroatoms. The van der Waals surface area contributed by atoms with Crippen molar-refractivity contribution in [2.24, 2.45) is 0 Å². The molecule has 3 aromatic carbocycles. The highest BCUT2D eigenvalue weighted by atomic mass is 19.1. The fraction of sp³-hybridized carbons (Fsp3) is 0.0833. The number of halogens is 1. The number of imidazole rings is 1. The van der Waals surface area contributed by atoms with Crippen molar-refractivity contribution in [3.8, 4) is 22.6 Å². The summed E-state index contributed by atoms with van der Waals surface area (Å²) in [6.07, 6.45) is 3.60. The van der Waals surface area contributed by atoms with Crippen LogP contribution in [0.5, 0.6) is 5.75 Å². The van der Waals surface area contributed by atoms with Crippen molar-refractivity contribution >= 4 is 5.78 Å². The fourth-order valence-electron chi connectivity index (χ4n) is 3.26. The van der Waals surface area contributed by atoms with Gasteiger partial charge in [0.05, 0.1) is 24.8 Å². The van der Waals surface area contributed by atoms with Crippen LogP contribution in [0.25, 0.3) is 16.8 Å². The number of methoxy groups -OCH3 is 1. The summed E-state index contributed by atoms with van der Waals surface area (Å²) < 4.78 is 20.9. The van der Waals surface area contributed by atoms with Crippen molar-refractivity contribution < 1.29 is 13.9 Å². The van der Waals surface area contributed by atoms with E-state index in [1.165, 1.54) is 12.1 Å². The largest absolute Gasteiger partial charge is 0.495 e. The number of aryl methyl sites for hydroxylation is 1. The van der Waals surface area contributed by atoms with Crippen molar-refractivity contribution in [3.05, 3.63) is 102 Å². The summed E-state index contributed by atoms with van der Waals surface area (Å²) in [5, 5.41) is 0. The van der Waals surface area contributed by atoms with Gasteiger partial charge in [0.25, 0.3) is 0 Å². The minimum Gasteiger partial charge on any atom is -0.495 e. The molecular formula is C24H19FN2O2. The number of ketones is 1. The van der Waals surface area contributed by atoms with Gasteiger partial charge in [-0.2, -0.15) is 0 Å². The molecule has 0 N–H and O–H groups in total. The van der Waals surface area contributed by atoms with Gasteiger partial charge in [-0.3, -0.25) is 4.79 Å². The van der Waals surface area contributed by atoms with E-state index in [-0.39, 0.29) is 11.6 Å². The van der Waals surface area contributed by atoms with Gasteiger partial charge in [-0.15, -0.1) is 0 Å². The molecule has 29 heavy (non-hydrogen) atoms. The Morgan fingerprint density at radius 2 is 1.69 bits per heavy atom. The van der Waals surface area contributed by atoms with E-state index in [1.54, 1.807) is 49.8 Å². The van der Waals surface area contributed by atoms with Crippen LogP contribution in [0.2, 0.25) is 0 Å². The quantitative estimate of drug-likeness (QED) is 0.441. The van der Waals surface area contributed by atoms with E-state index in [1.807, 2.05) is 35.9 Å². The van der Waals surface area contributed by atoms with Crippen molar-refractivity contribution in [3.63, 3.8) is 0 Å². The third-order valence-electron chi connectivity index (χ3n) is 4.71. The standard InChI is InChI=1S/C24H19FN2O2/c1-16-14-27(15-26-16)22-10-9-20(13-23(22)29-2)24(28)19-7-3-5-17(11-19)18-6-4-8-21(25)12-18/h3-15H,1-2H3. The first-order chi connectivity index (χ1) is 14.0. The van der Waals surface area contributed by atoms with Crippen LogP contribution in [0.1, 0.15) is 21.6 Å². The van der Waals surface area contributed by atoms with Gasteiger partial charge < -0.3 is 9.30 Å². The molecule has 0 aliphatic carbocycles. The minimum absolute atomic E-state index is 0.130. The molecule has 0 saturated carbocycles. The Morgan fingerprint density at radius 3 is 2.38 bits per heavy atom. The predicted octanol–water partition coefficient (Wildman–Crippen LogP) is 5.23. The average molecular weight is 386 g/mol. The first-order valence-corrected chi connectivity index (χ1v) is 9.15. The van der Waals surface area contributed by atoms with Crippen molar-refractivity contribution in [1.82, 2.24) is 9.55 Å². The number of rotatable bonds is 5. The molecule has 4 rings (SSSR count). The number of hydrogen-bond acceptors (Lipinski definition) is 3. The summed E-state index contributed by atoms with van der Waals surface area (Å²) in [6.45, 7) is 1.91. The molecule has 0 aliphatic rings. The highest BCUT2D eigenvalue weighted by Crippen LogP contribution is 2.27. The number of hydrogen-bond donors (Lipinski definition) is 0. The van der Waals surface area contributed by atoms with Crippen LogP contribution in [0.3, 0.4) is 0 Å². The molecule has 144 valence electrons. The van der Waals surface area contributed by atoms with E-state index in [4.69, 9.17) is 4.74 Å². The van der Waals surface area contributed by atoms with Crippen LogP contribution in [-0.4, -0.2) is 22.4 Å². The molecule has 1 heterocycles. The van der Waals surface area contributed by atoms with Gasteiger partial charge in [-0.05, 0) is 54.4 Å². The Balaban J connectivity index is 1.69. The van der Waals surface area contributed by atoms with Gasteiger partial charge in [0.15, 0.2) is 5.78 Å². The zero-order valence-electron chi connectivity index (χ0n) is 16.1. The number of carbonyl (C=O) groups excluding carboxylic acids is 1. The van der Waals surface area contributed by atoms with Gasteiger partial charge in [0.1, 0.15) is 11.6 Å². The number of carbonyl (C=O) groups is 1. The third kappa shape index (κ3) is 3.80. The first kappa shape index (κ1) is 18.6. The number of benzene rings is 3. The maximum atomic E-state index is 13.6. The van der Waals surface area contributed by atoms with Crippen LogP contribution in [0, 0.1) is 12.7 Å². The molecule has 0 amide bonds. The molecule has 0 aliphatic heterocycles. The summed E-state index contributed by atoms with van der Waals surface area (Å²) in [4.78, 5) is 17.3. The van der Waals surface area contributed by atoms with Gasteiger partial charge in [-0.25, -0.2) is 9.37 Å². The van der Waals surface area contributed by atoms with Crippen LogP contribution in [0.15, 0.2) is 79.3 Å². The van der Waals surface area contributed by atoms with E-state index in [9.17, 15) is 9.18 Å². The molecule has 0 unspecified atom stereocenters. The highest BCUT2D eigenvalue weighted by molar-refractivity contribution is 6.09. The summed E-state index contributed by atoms with van der Waals surface area (Å²) in [5.74, 6) is 0.138. The monoisotopic (exact) mass is 386 g/mol. The topological polar surface area (TPSA) is 44.1 Å². The van der Waals surface area contributed by atoms with E-state index < -0.39 is 0 Å².